The van der Waals surface area contributed by atoms with E-state index in [1.165, 1.54) is 5.56 Å². The van der Waals surface area contributed by atoms with E-state index < -0.39 is 6.23 Å². The Bertz CT molecular complexity index is 336. The summed E-state index contributed by atoms with van der Waals surface area (Å²) in [5, 5.41) is 9.81. The number of aliphatic hydroxyl groups is 1. The third-order valence-electron chi connectivity index (χ3n) is 2.50. The van der Waals surface area contributed by atoms with E-state index in [2.05, 4.69) is 0 Å². The molecular formula is C11H15NO2. The Hall–Kier alpha value is -1.06. The maximum absolute atomic E-state index is 9.81. The lowest BCUT2D eigenvalue weighted by atomic mass is 10.1. The summed E-state index contributed by atoms with van der Waals surface area (Å²) in [7, 11) is 3.71. The number of rotatable bonds is 2. The van der Waals surface area contributed by atoms with Crippen LogP contribution >= 0.6 is 0 Å². The fourth-order valence-corrected chi connectivity index (χ4v) is 1.67. The lowest BCUT2D eigenvalue weighted by molar-refractivity contribution is 0.0395. The van der Waals surface area contributed by atoms with Crippen LogP contribution in [-0.4, -0.2) is 30.7 Å². The molecule has 76 valence electrons. The van der Waals surface area contributed by atoms with Gasteiger partial charge in [0.15, 0.2) is 0 Å². The van der Waals surface area contributed by atoms with Crippen molar-refractivity contribution in [3.8, 4) is 5.75 Å². The summed E-state index contributed by atoms with van der Waals surface area (Å²) >= 11 is 0. The van der Waals surface area contributed by atoms with Crippen molar-refractivity contribution in [3.05, 3.63) is 29.3 Å². The Balaban J connectivity index is 2.28. The molecule has 3 nitrogen and oxygen atoms in total. The van der Waals surface area contributed by atoms with Crippen molar-refractivity contribution in [1.29, 1.82) is 0 Å². The summed E-state index contributed by atoms with van der Waals surface area (Å²) < 4.78 is 5.40. The van der Waals surface area contributed by atoms with Crippen LogP contribution in [0.15, 0.2) is 18.2 Å². The number of hydrogen-bond donors (Lipinski definition) is 1. The molecule has 0 amide bonds. The molecule has 1 N–H and O–H groups in total. The summed E-state index contributed by atoms with van der Waals surface area (Å²) in [5.41, 5.74) is 2.13. The number of hydrogen-bond acceptors (Lipinski definition) is 3. The SMILES string of the molecule is CN(C)C(O)c1ccc2c(c1)CCO2. The van der Waals surface area contributed by atoms with Crippen LogP contribution in [0.25, 0.3) is 0 Å². The predicted molar refractivity (Wildman–Crippen MR) is 54.3 cm³/mol. The lowest BCUT2D eigenvalue weighted by Crippen LogP contribution is -2.19. The number of ether oxygens (including phenoxy) is 1. The van der Waals surface area contributed by atoms with Gasteiger partial charge in [-0.25, -0.2) is 0 Å². The van der Waals surface area contributed by atoms with E-state index in [0.29, 0.717) is 0 Å². The number of benzene rings is 1. The van der Waals surface area contributed by atoms with E-state index in [4.69, 9.17) is 4.74 Å². The molecule has 0 aromatic heterocycles. The molecule has 0 bridgehead atoms. The highest BCUT2D eigenvalue weighted by atomic mass is 16.5. The molecule has 0 radical (unpaired) electrons. The average molecular weight is 193 g/mol. The van der Waals surface area contributed by atoms with Crippen molar-refractivity contribution in [3.63, 3.8) is 0 Å². The minimum absolute atomic E-state index is 0.527. The van der Waals surface area contributed by atoms with Gasteiger partial charge in [-0.3, -0.25) is 4.90 Å². The van der Waals surface area contributed by atoms with Crippen molar-refractivity contribution in [2.75, 3.05) is 20.7 Å². The second-order valence-electron chi connectivity index (χ2n) is 3.80. The van der Waals surface area contributed by atoms with Gasteiger partial charge in [0.25, 0.3) is 0 Å². The molecule has 1 aliphatic heterocycles. The molecule has 1 aliphatic rings. The summed E-state index contributed by atoms with van der Waals surface area (Å²) in [6.07, 6.45) is 0.421. The van der Waals surface area contributed by atoms with Crippen molar-refractivity contribution < 1.29 is 9.84 Å². The molecular weight excluding hydrogens is 178 g/mol. The Morgan fingerprint density at radius 2 is 2.21 bits per heavy atom. The van der Waals surface area contributed by atoms with E-state index in [-0.39, 0.29) is 0 Å². The highest BCUT2D eigenvalue weighted by molar-refractivity contribution is 5.40. The zero-order valence-electron chi connectivity index (χ0n) is 8.53. The van der Waals surface area contributed by atoms with Crippen LogP contribution in [0.2, 0.25) is 0 Å². The van der Waals surface area contributed by atoms with E-state index in [9.17, 15) is 5.11 Å². The van der Waals surface area contributed by atoms with Crippen LogP contribution in [0.1, 0.15) is 17.4 Å². The molecule has 2 rings (SSSR count). The molecule has 1 unspecified atom stereocenters. The quantitative estimate of drug-likeness (QED) is 0.716. The summed E-state index contributed by atoms with van der Waals surface area (Å²) in [6.45, 7) is 0.761. The number of aliphatic hydroxyl groups excluding tert-OH is 1. The van der Waals surface area contributed by atoms with Crippen molar-refractivity contribution in [1.82, 2.24) is 4.90 Å². The van der Waals surface area contributed by atoms with E-state index >= 15 is 0 Å². The zero-order valence-corrected chi connectivity index (χ0v) is 8.53. The van der Waals surface area contributed by atoms with Gasteiger partial charge in [0.1, 0.15) is 12.0 Å². The van der Waals surface area contributed by atoms with Gasteiger partial charge in [-0.15, -0.1) is 0 Å². The average Bonchev–Trinajstić information content (AvgIpc) is 2.62. The topological polar surface area (TPSA) is 32.7 Å². The maximum atomic E-state index is 9.81. The van der Waals surface area contributed by atoms with Gasteiger partial charge in [-0.2, -0.15) is 0 Å². The van der Waals surface area contributed by atoms with E-state index in [0.717, 1.165) is 24.3 Å². The van der Waals surface area contributed by atoms with Crippen LogP contribution < -0.4 is 4.74 Å². The van der Waals surface area contributed by atoms with Gasteiger partial charge in [-0.1, -0.05) is 6.07 Å². The summed E-state index contributed by atoms with van der Waals surface area (Å²) in [5.74, 6) is 0.958. The fourth-order valence-electron chi connectivity index (χ4n) is 1.67. The second-order valence-corrected chi connectivity index (χ2v) is 3.80. The minimum atomic E-state index is -0.527. The largest absolute Gasteiger partial charge is 0.493 e. The van der Waals surface area contributed by atoms with Crippen molar-refractivity contribution >= 4 is 0 Å². The molecule has 14 heavy (non-hydrogen) atoms. The minimum Gasteiger partial charge on any atom is -0.493 e. The third-order valence-corrected chi connectivity index (χ3v) is 2.50. The first-order valence-corrected chi connectivity index (χ1v) is 4.78. The van der Waals surface area contributed by atoms with Crippen molar-refractivity contribution in [2.45, 2.75) is 12.6 Å². The van der Waals surface area contributed by atoms with Gasteiger partial charge in [0.2, 0.25) is 0 Å². The molecule has 1 atom stereocenters. The Morgan fingerprint density at radius 1 is 1.43 bits per heavy atom. The standard InChI is InChI=1S/C11H15NO2/c1-12(2)11(13)9-3-4-10-8(7-9)5-6-14-10/h3-4,7,11,13H,5-6H2,1-2H3. The Morgan fingerprint density at radius 3 is 2.93 bits per heavy atom. The highest BCUT2D eigenvalue weighted by Crippen LogP contribution is 2.28. The van der Waals surface area contributed by atoms with Gasteiger partial charge >= 0.3 is 0 Å². The first-order chi connectivity index (χ1) is 6.68. The van der Waals surface area contributed by atoms with Crippen LogP contribution in [0.4, 0.5) is 0 Å². The first kappa shape index (κ1) is 9.49. The zero-order chi connectivity index (χ0) is 10.1. The van der Waals surface area contributed by atoms with Crippen molar-refractivity contribution in [2.24, 2.45) is 0 Å². The molecule has 3 heteroatoms. The number of fused-ring (bicyclic) bond motifs is 1. The molecule has 0 fully saturated rings. The van der Waals surface area contributed by atoms with Crippen LogP contribution in [0.3, 0.4) is 0 Å². The predicted octanol–water partition coefficient (Wildman–Crippen LogP) is 1.17. The fraction of sp³-hybridized carbons (Fsp3) is 0.455. The molecule has 0 spiro atoms. The van der Waals surface area contributed by atoms with Gasteiger partial charge in [-0.05, 0) is 37.4 Å². The van der Waals surface area contributed by atoms with E-state index in [1.54, 1.807) is 4.90 Å². The van der Waals surface area contributed by atoms with Gasteiger partial charge < -0.3 is 9.84 Å². The molecule has 1 heterocycles. The van der Waals surface area contributed by atoms with E-state index in [1.807, 2.05) is 32.3 Å². The second kappa shape index (κ2) is 3.59. The molecule has 0 saturated carbocycles. The summed E-state index contributed by atoms with van der Waals surface area (Å²) in [6, 6.07) is 5.87. The number of nitrogens with zero attached hydrogens (tertiary/aromatic N) is 1. The summed E-state index contributed by atoms with van der Waals surface area (Å²) in [4.78, 5) is 1.78. The van der Waals surface area contributed by atoms with Gasteiger partial charge in [0.05, 0.1) is 6.61 Å². The Labute approximate surface area is 83.9 Å². The third kappa shape index (κ3) is 1.61. The Kier molecular flexibility index (Phi) is 2.44. The van der Waals surface area contributed by atoms with Crippen LogP contribution in [0.5, 0.6) is 5.75 Å². The first-order valence-electron chi connectivity index (χ1n) is 4.78. The molecule has 0 saturated heterocycles. The molecule has 1 aromatic rings. The monoisotopic (exact) mass is 193 g/mol. The highest BCUT2D eigenvalue weighted by Gasteiger charge is 2.16. The molecule has 0 aliphatic carbocycles. The molecule has 1 aromatic carbocycles. The lowest BCUT2D eigenvalue weighted by Gasteiger charge is -2.19. The smallest absolute Gasteiger partial charge is 0.133 e. The van der Waals surface area contributed by atoms with Crippen LogP contribution in [-0.2, 0) is 6.42 Å². The van der Waals surface area contributed by atoms with Gasteiger partial charge in [0, 0.05) is 6.42 Å². The van der Waals surface area contributed by atoms with Crippen LogP contribution in [0, 0.1) is 0 Å². The maximum Gasteiger partial charge on any atom is 0.133 e. The normalized spacial score (nSPS) is 16.6.